The predicted octanol–water partition coefficient (Wildman–Crippen LogP) is 2.80. The molecule has 2 unspecified atom stereocenters. The van der Waals surface area contributed by atoms with E-state index in [1.165, 1.54) is 19.3 Å². The van der Waals surface area contributed by atoms with E-state index in [9.17, 15) is 0 Å². The second-order valence-electron chi connectivity index (χ2n) is 4.99. The highest BCUT2D eigenvalue weighted by Crippen LogP contribution is 2.29. The molecule has 21 heavy (non-hydrogen) atoms. The second kappa shape index (κ2) is 6.62. The normalized spacial score (nSPS) is 22.2. The first-order valence-corrected chi connectivity index (χ1v) is 8.64. The van der Waals surface area contributed by atoms with E-state index in [1.807, 2.05) is 17.8 Å². The van der Waals surface area contributed by atoms with Gasteiger partial charge in [0.25, 0.3) is 5.95 Å². The third-order valence-corrected chi connectivity index (χ3v) is 4.96. The average molecular weight is 325 g/mol. The van der Waals surface area contributed by atoms with Crippen LogP contribution in [0.2, 0.25) is 5.28 Å². The van der Waals surface area contributed by atoms with Crippen LogP contribution in [-0.4, -0.2) is 42.3 Å². The van der Waals surface area contributed by atoms with Crippen molar-refractivity contribution in [3.63, 3.8) is 0 Å². The number of thioether (sulfide) groups is 1. The third kappa shape index (κ3) is 3.47. The number of nitrogens with zero attached hydrogens (tertiary/aromatic N) is 5. The Labute approximate surface area is 132 Å². The van der Waals surface area contributed by atoms with Crippen LogP contribution in [0.25, 0.3) is 5.95 Å². The van der Waals surface area contributed by atoms with Gasteiger partial charge in [-0.15, -0.1) is 0 Å². The molecule has 0 aromatic carbocycles. The Hall–Kier alpha value is -1.34. The van der Waals surface area contributed by atoms with Gasteiger partial charge >= 0.3 is 0 Å². The molecule has 1 aliphatic rings. The first kappa shape index (κ1) is 14.6. The summed E-state index contributed by atoms with van der Waals surface area (Å²) in [7, 11) is 0. The lowest BCUT2D eigenvalue weighted by Gasteiger charge is -2.30. The Balaban J connectivity index is 1.82. The largest absolute Gasteiger partial charge is 0.350 e. The standard InChI is InChI=1S/C13H17ClN6S/c1-21-10-6-3-2-5-9(10)16-12-17-11(14)18-13(19-12)20-8-4-7-15-20/h4,7-10H,2-3,5-6H2,1H3,(H,16,17,18,19). The number of rotatable bonds is 4. The van der Waals surface area contributed by atoms with E-state index in [4.69, 9.17) is 11.6 Å². The maximum atomic E-state index is 6.01. The highest BCUT2D eigenvalue weighted by atomic mass is 35.5. The Bertz CT molecular complexity index is 590. The summed E-state index contributed by atoms with van der Waals surface area (Å²) >= 11 is 7.90. The van der Waals surface area contributed by atoms with Gasteiger partial charge in [0.2, 0.25) is 11.2 Å². The number of aromatic nitrogens is 5. The van der Waals surface area contributed by atoms with Crippen molar-refractivity contribution < 1.29 is 0 Å². The molecule has 8 heteroatoms. The summed E-state index contributed by atoms with van der Waals surface area (Å²) in [5.41, 5.74) is 0. The minimum absolute atomic E-state index is 0.175. The SMILES string of the molecule is CSC1CCCCC1Nc1nc(Cl)nc(-n2cccn2)n1. The van der Waals surface area contributed by atoms with Crippen LogP contribution >= 0.6 is 23.4 Å². The second-order valence-corrected chi connectivity index (χ2v) is 6.40. The minimum Gasteiger partial charge on any atom is -0.350 e. The molecule has 2 atom stereocenters. The molecule has 0 radical (unpaired) electrons. The fraction of sp³-hybridized carbons (Fsp3) is 0.538. The summed E-state index contributed by atoms with van der Waals surface area (Å²) in [4.78, 5) is 12.7. The van der Waals surface area contributed by atoms with Crippen molar-refractivity contribution in [3.05, 3.63) is 23.7 Å². The summed E-state index contributed by atoms with van der Waals surface area (Å²) in [5.74, 6) is 0.950. The molecule has 0 spiro atoms. The van der Waals surface area contributed by atoms with Gasteiger partial charge in [-0.05, 0) is 36.8 Å². The van der Waals surface area contributed by atoms with Crippen molar-refractivity contribution in [2.24, 2.45) is 0 Å². The Morgan fingerprint density at radius 3 is 2.90 bits per heavy atom. The quantitative estimate of drug-likeness (QED) is 0.932. The van der Waals surface area contributed by atoms with Crippen LogP contribution in [-0.2, 0) is 0 Å². The van der Waals surface area contributed by atoms with E-state index in [0.29, 0.717) is 23.2 Å². The molecule has 2 heterocycles. The predicted molar refractivity (Wildman–Crippen MR) is 85.1 cm³/mol. The van der Waals surface area contributed by atoms with E-state index in [2.05, 4.69) is 31.6 Å². The van der Waals surface area contributed by atoms with Gasteiger partial charge in [0.1, 0.15) is 0 Å². The molecule has 1 aliphatic carbocycles. The molecule has 1 fully saturated rings. The third-order valence-electron chi connectivity index (χ3n) is 3.63. The molecule has 0 aliphatic heterocycles. The number of anilines is 1. The van der Waals surface area contributed by atoms with Crippen LogP contribution in [0.4, 0.5) is 5.95 Å². The molecule has 112 valence electrons. The highest BCUT2D eigenvalue weighted by molar-refractivity contribution is 7.99. The zero-order chi connectivity index (χ0) is 14.7. The number of hydrogen-bond acceptors (Lipinski definition) is 6. The van der Waals surface area contributed by atoms with Crippen LogP contribution in [0.1, 0.15) is 25.7 Å². The topological polar surface area (TPSA) is 68.5 Å². The van der Waals surface area contributed by atoms with Crippen LogP contribution in [0.15, 0.2) is 18.5 Å². The van der Waals surface area contributed by atoms with E-state index < -0.39 is 0 Å². The van der Waals surface area contributed by atoms with E-state index in [1.54, 1.807) is 17.1 Å². The van der Waals surface area contributed by atoms with Crippen molar-refractivity contribution in [2.45, 2.75) is 37.0 Å². The fourth-order valence-electron chi connectivity index (χ4n) is 2.60. The monoisotopic (exact) mass is 324 g/mol. The summed E-state index contributed by atoms with van der Waals surface area (Å²) in [6.45, 7) is 0. The molecule has 1 saturated carbocycles. The fourth-order valence-corrected chi connectivity index (χ4v) is 3.69. The summed E-state index contributed by atoms with van der Waals surface area (Å²) < 4.78 is 1.58. The molecular formula is C13H17ClN6S. The van der Waals surface area contributed by atoms with Crippen LogP contribution in [0.5, 0.6) is 0 Å². The average Bonchev–Trinajstić information content (AvgIpc) is 3.01. The van der Waals surface area contributed by atoms with Gasteiger partial charge in [-0.3, -0.25) is 0 Å². The number of nitrogens with one attached hydrogen (secondary N) is 1. The van der Waals surface area contributed by atoms with Crippen molar-refractivity contribution in [1.82, 2.24) is 24.7 Å². The first-order valence-electron chi connectivity index (χ1n) is 6.97. The number of hydrogen-bond donors (Lipinski definition) is 1. The van der Waals surface area contributed by atoms with Gasteiger partial charge in [0.15, 0.2) is 0 Å². The summed E-state index contributed by atoms with van der Waals surface area (Å²) in [5, 5.41) is 8.30. The molecule has 0 bridgehead atoms. The van der Waals surface area contributed by atoms with Crippen molar-refractivity contribution in [1.29, 1.82) is 0 Å². The van der Waals surface area contributed by atoms with E-state index >= 15 is 0 Å². The van der Waals surface area contributed by atoms with Crippen LogP contribution in [0.3, 0.4) is 0 Å². The van der Waals surface area contributed by atoms with E-state index in [-0.39, 0.29) is 5.28 Å². The van der Waals surface area contributed by atoms with Crippen molar-refractivity contribution >= 4 is 29.3 Å². The molecule has 0 amide bonds. The molecule has 1 N–H and O–H groups in total. The lowest BCUT2D eigenvalue weighted by atomic mass is 9.95. The Morgan fingerprint density at radius 2 is 2.14 bits per heavy atom. The van der Waals surface area contributed by atoms with Gasteiger partial charge in [0.05, 0.1) is 0 Å². The molecule has 2 aromatic heterocycles. The Morgan fingerprint density at radius 1 is 1.29 bits per heavy atom. The van der Waals surface area contributed by atoms with Gasteiger partial charge in [0, 0.05) is 23.7 Å². The van der Waals surface area contributed by atoms with Gasteiger partial charge in [-0.1, -0.05) is 12.8 Å². The molecular weight excluding hydrogens is 308 g/mol. The maximum absolute atomic E-state index is 6.01. The molecule has 2 aromatic rings. The smallest absolute Gasteiger partial charge is 0.256 e. The zero-order valence-corrected chi connectivity index (χ0v) is 13.3. The lowest BCUT2D eigenvalue weighted by molar-refractivity contribution is 0.473. The van der Waals surface area contributed by atoms with Crippen molar-refractivity contribution in [2.75, 3.05) is 11.6 Å². The van der Waals surface area contributed by atoms with Gasteiger partial charge in [-0.2, -0.15) is 31.8 Å². The Kier molecular flexibility index (Phi) is 4.60. The summed E-state index contributed by atoms with van der Waals surface area (Å²) in [6, 6.07) is 2.19. The van der Waals surface area contributed by atoms with Crippen LogP contribution < -0.4 is 5.32 Å². The minimum atomic E-state index is 0.175. The lowest BCUT2D eigenvalue weighted by Crippen LogP contribution is -2.35. The molecule has 0 saturated heterocycles. The first-order chi connectivity index (χ1) is 10.3. The highest BCUT2D eigenvalue weighted by Gasteiger charge is 2.25. The summed E-state index contributed by atoms with van der Waals surface area (Å²) in [6.07, 6.45) is 10.5. The van der Waals surface area contributed by atoms with Gasteiger partial charge < -0.3 is 5.32 Å². The molecule has 3 rings (SSSR count). The zero-order valence-electron chi connectivity index (χ0n) is 11.7. The van der Waals surface area contributed by atoms with Gasteiger partial charge in [-0.25, -0.2) is 4.68 Å². The van der Waals surface area contributed by atoms with E-state index in [0.717, 1.165) is 6.42 Å². The maximum Gasteiger partial charge on any atom is 0.256 e. The van der Waals surface area contributed by atoms with Crippen LogP contribution in [0, 0.1) is 0 Å². The number of halogens is 1. The van der Waals surface area contributed by atoms with Crippen molar-refractivity contribution in [3.8, 4) is 5.95 Å². The molecule has 6 nitrogen and oxygen atoms in total.